The van der Waals surface area contributed by atoms with E-state index in [0.717, 1.165) is 35.7 Å². The first kappa shape index (κ1) is 13.2. The first-order chi connectivity index (χ1) is 9.69. The molecule has 1 N–H and O–H groups in total. The number of nitrogens with one attached hydrogen (secondary N) is 1. The van der Waals surface area contributed by atoms with Crippen LogP contribution in [0.3, 0.4) is 0 Å². The molecule has 3 rings (SSSR count). The van der Waals surface area contributed by atoms with Crippen LogP contribution < -0.4 is 0 Å². The fourth-order valence-corrected chi connectivity index (χ4v) is 3.12. The number of hydrogen-bond donors (Lipinski definition) is 1. The number of hydrogen-bond acceptors (Lipinski definition) is 2. The molecule has 2 aromatic rings. The maximum absolute atomic E-state index is 12.4. The summed E-state index contributed by atoms with van der Waals surface area (Å²) < 4.78 is 5.63. The van der Waals surface area contributed by atoms with Crippen LogP contribution in [0.4, 0.5) is 0 Å². The molecule has 0 amide bonds. The van der Waals surface area contributed by atoms with Crippen molar-refractivity contribution in [1.82, 2.24) is 4.98 Å². The second kappa shape index (κ2) is 5.31. The van der Waals surface area contributed by atoms with E-state index >= 15 is 0 Å². The van der Waals surface area contributed by atoms with Crippen LogP contribution in [0, 0.1) is 6.92 Å². The smallest absolute Gasteiger partial charge is 0.355 e. The van der Waals surface area contributed by atoms with Crippen LogP contribution in [0.5, 0.6) is 0 Å². The summed E-state index contributed by atoms with van der Waals surface area (Å²) in [6.45, 7) is 4.15. The lowest BCUT2D eigenvalue weighted by Gasteiger charge is -2.11. The van der Waals surface area contributed by atoms with Gasteiger partial charge in [-0.2, -0.15) is 0 Å². The van der Waals surface area contributed by atoms with Crippen LogP contribution in [-0.4, -0.2) is 17.1 Å². The first-order valence-corrected chi connectivity index (χ1v) is 7.51. The number of aryl methyl sites for hydroxylation is 2. The van der Waals surface area contributed by atoms with Crippen molar-refractivity contribution in [3.63, 3.8) is 0 Å². The highest BCUT2D eigenvalue weighted by molar-refractivity contribution is 5.98. The number of aromatic amines is 1. The van der Waals surface area contributed by atoms with Crippen molar-refractivity contribution in [3.8, 4) is 0 Å². The minimum absolute atomic E-state index is 0.111. The highest BCUT2D eigenvalue weighted by Gasteiger charge is 2.23. The molecule has 0 atom stereocenters. The van der Waals surface area contributed by atoms with E-state index in [9.17, 15) is 4.79 Å². The van der Waals surface area contributed by atoms with E-state index in [4.69, 9.17) is 4.74 Å². The van der Waals surface area contributed by atoms with E-state index in [1.54, 1.807) is 0 Å². The Bertz CT molecular complexity index is 636. The summed E-state index contributed by atoms with van der Waals surface area (Å²) in [5.74, 6) is -0.192. The summed E-state index contributed by atoms with van der Waals surface area (Å²) in [5.41, 5.74) is 3.94. The molecule has 1 saturated carbocycles. The van der Waals surface area contributed by atoms with Crippen molar-refractivity contribution in [1.29, 1.82) is 0 Å². The van der Waals surface area contributed by atoms with Gasteiger partial charge in [0.25, 0.3) is 0 Å². The van der Waals surface area contributed by atoms with Crippen LogP contribution >= 0.6 is 0 Å². The molecule has 1 aliphatic rings. The van der Waals surface area contributed by atoms with Gasteiger partial charge in [-0.05, 0) is 56.7 Å². The quantitative estimate of drug-likeness (QED) is 0.852. The van der Waals surface area contributed by atoms with Gasteiger partial charge in [-0.3, -0.25) is 0 Å². The summed E-state index contributed by atoms with van der Waals surface area (Å²) in [7, 11) is 0. The average Bonchev–Trinajstić information content (AvgIpc) is 3.05. The molecular formula is C17H21NO2. The van der Waals surface area contributed by atoms with E-state index < -0.39 is 0 Å². The second-order valence-electron chi connectivity index (χ2n) is 5.69. The van der Waals surface area contributed by atoms with Crippen molar-refractivity contribution in [2.45, 2.75) is 52.1 Å². The number of H-pyrrole nitrogens is 1. The Hall–Kier alpha value is -1.77. The maximum atomic E-state index is 12.4. The Morgan fingerprint density at radius 3 is 2.80 bits per heavy atom. The number of esters is 1. The van der Waals surface area contributed by atoms with E-state index in [1.807, 2.05) is 6.07 Å². The lowest BCUT2D eigenvalue weighted by atomic mass is 10.1. The first-order valence-electron chi connectivity index (χ1n) is 7.51. The number of rotatable bonds is 3. The van der Waals surface area contributed by atoms with Crippen molar-refractivity contribution in [2.24, 2.45) is 0 Å². The van der Waals surface area contributed by atoms with Crippen LogP contribution in [0.1, 0.15) is 54.2 Å². The number of fused-ring (bicyclic) bond motifs is 1. The van der Waals surface area contributed by atoms with Gasteiger partial charge in [0, 0.05) is 10.9 Å². The molecule has 106 valence electrons. The predicted molar refractivity (Wildman–Crippen MR) is 80.1 cm³/mol. The lowest BCUT2D eigenvalue weighted by molar-refractivity contribution is 0.0311. The molecule has 1 aromatic carbocycles. The van der Waals surface area contributed by atoms with Crippen molar-refractivity contribution < 1.29 is 9.53 Å². The molecule has 0 aliphatic heterocycles. The number of carbonyl (C=O) groups is 1. The summed E-state index contributed by atoms with van der Waals surface area (Å²) in [4.78, 5) is 15.6. The van der Waals surface area contributed by atoms with Crippen LogP contribution in [0.15, 0.2) is 18.2 Å². The molecule has 0 radical (unpaired) electrons. The molecule has 20 heavy (non-hydrogen) atoms. The molecule has 0 saturated heterocycles. The van der Waals surface area contributed by atoms with Gasteiger partial charge in [0.2, 0.25) is 0 Å². The third kappa shape index (κ3) is 2.33. The summed E-state index contributed by atoms with van der Waals surface area (Å²) in [6.07, 6.45) is 5.30. The zero-order valence-corrected chi connectivity index (χ0v) is 12.2. The number of aromatic nitrogens is 1. The molecule has 0 bridgehead atoms. The molecular weight excluding hydrogens is 250 g/mol. The van der Waals surface area contributed by atoms with Crippen molar-refractivity contribution in [3.05, 3.63) is 35.0 Å². The van der Waals surface area contributed by atoms with Gasteiger partial charge >= 0.3 is 5.97 Å². The van der Waals surface area contributed by atoms with E-state index in [0.29, 0.717) is 5.69 Å². The lowest BCUT2D eigenvalue weighted by Crippen LogP contribution is -2.16. The van der Waals surface area contributed by atoms with E-state index in [1.165, 1.54) is 18.4 Å². The molecule has 3 heteroatoms. The van der Waals surface area contributed by atoms with Gasteiger partial charge in [-0.25, -0.2) is 4.79 Å². The summed E-state index contributed by atoms with van der Waals surface area (Å²) in [6, 6.07) is 6.23. The normalized spacial score (nSPS) is 15.9. The largest absolute Gasteiger partial charge is 0.458 e. The SMILES string of the molecule is CCc1c(C(=O)OC2CCCC2)[nH]c2ccc(C)cc12. The van der Waals surface area contributed by atoms with Gasteiger partial charge in [-0.1, -0.05) is 18.6 Å². The fraction of sp³-hybridized carbons (Fsp3) is 0.471. The molecule has 0 spiro atoms. The number of ether oxygens (including phenoxy) is 1. The third-order valence-corrected chi connectivity index (χ3v) is 4.20. The summed E-state index contributed by atoms with van der Waals surface area (Å²) >= 11 is 0. The van der Waals surface area contributed by atoms with Crippen LogP contribution in [-0.2, 0) is 11.2 Å². The van der Waals surface area contributed by atoms with Gasteiger partial charge in [0.05, 0.1) is 0 Å². The Morgan fingerprint density at radius 2 is 2.10 bits per heavy atom. The Kier molecular flexibility index (Phi) is 3.51. The Morgan fingerprint density at radius 1 is 1.35 bits per heavy atom. The zero-order valence-electron chi connectivity index (χ0n) is 12.2. The predicted octanol–water partition coefficient (Wildman–Crippen LogP) is 4.14. The second-order valence-corrected chi connectivity index (χ2v) is 5.69. The van der Waals surface area contributed by atoms with E-state index in [-0.39, 0.29) is 12.1 Å². The maximum Gasteiger partial charge on any atom is 0.355 e. The molecule has 1 aromatic heterocycles. The molecule has 0 unspecified atom stereocenters. The van der Waals surface area contributed by atoms with Crippen molar-refractivity contribution >= 4 is 16.9 Å². The van der Waals surface area contributed by atoms with Gasteiger partial charge in [0.1, 0.15) is 11.8 Å². The van der Waals surface area contributed by atoms with Crippen molar-refractivity contribution in [2.75, 3.05) is 0 Å². The zero-order chi connectivity index (χ0) is 14.1. The monoisotopic (exact) mass is 271 g/mol. The number of benzene rings is 1. The Labute approximate surface area is 119 Å². The van der Waals surface area contributed by atoms with Crippen LogP contribution in [0.25, 0.3) is 10.9 Å². The molecule has 1 aliphatic carbocycles. The minimum atomic E-state index is -0.192. The third-order valence-electron chi connectivity index (χ3n) is 4.20. The highest BCUT2D eigenvalue weighted by atomic mass is 16.5. The molecule has 1 heterocycles. The fourth-order valence-electron chi connectivity index (χ4n) is 3.12. The molecule has 1 fully saturated rings. The number of carbonyl (C=O) groups excluding carboxylic acids is 1. The summed E-state index contributed by atoms with van der Waals surface area (Å²) in [5, 5.41) is 1.14. The highest BCUT2D eigenvalue weighted by Crippen LogP contribution is 2.27. The van der Waals surface area contributed by atoms with Crippen LogP contribution in [0.2, 0.25) is 0 Å². The standard InChI is InChI=1S/C17H21NO2/c1-3-13-14-10-11(2)8-9-15(14)18-16(13)17(19)20-12-6-4-5-7-12/h8-10,12,18H,3-7H2,1-2H3. The Balaban J connectivity index is 1.95. The minimum Gasteiger partial charge on any atom is -0.458 e. The van der Waals surface area contributed by atoms with Gasteiger partial charge in [0.15, 0.2) is 0 Å². The van der Waals surface area contributed by atoms with E-state index in [2.05, 4.69) is 31.0 Å². The van der Waals surface area contributed by atoms with Gasteiger partial charge < -0.3 is 9.72 Å². The topological polar surface area (TPSA) is 42.1 Å². The van der Waals surface area contributed by atoms with Gasteiger partial charge in [-0.15, -0.1) is 0 Å². The average molecular weight is 271 g/mol. The molecule has 3 nitrogen and oxygen atoms in total.